The number of unbranched alkanes of at least 4 members (excludes halogenated alkanes) is 30. The molecule has 0 aromatic heterocycles. The number of esters is 4. The van der Waals surface area contributed by atoms with Crippen LogP contribution in [0, 0.1) is 0 Å². The molecule has 598 valence electrons. The third kappa shape index (κ3) is 75.7. The Kier molecular flexibility index (Phi) is 73.3. The van der Waals surface area contributed by atoms with Gasteiger partial charge in [-0.25, -0.2) is 9.13 Å². The normalized spacial score (nSPS) is 14.5. The molecule has 0 heterocycles. The summed E-state index contributed by atoms with van der Waals surface area (Å²) in [5.41, 5.74) is 0. The fourth-order valence-corrected chi connectivity index (χ4v) is 12.4. The van der Waals surface area contributed by atoms with Gasteiger partial charge in [0.25, 0.3) is 0 Å². The first-order valence-electron chi connectivity index (χ1n) is 40.8. The van der Waals surface area contributed by atoms with E-state index in [1.165, 1.54) is 122 Å². The van der Waals surface area contributed by atoms with Crippen molar-refractivity contribution in [1.29, 1.82) is 0 Å². The van der Waals surface area contributed by atoms with Gasteiger partial charge in [-0.05, 0) is 103 Å². The molecule has 0 aliphatic rings. The SMILES string of the molecule is CC/C=C\C/C=C\C/C=C\C/C=C\C/C=C\C/C=C\CCC(=O)OCC(COP(=O)(O)OCC(O)COP(=O)(O)OCC(COC(=O)CCCCCCCCCCCCCCCCC)OC(=O)CCCCCCCCCCCCCCC)OC(=O)CCCCCC/C=C\C/C=C\C/C=C\C/C=C\CC. The lowest BCUT2D eigenvalue weighted by Gasteiger charge is -2.21. The van der Waals surface area contributed by atoms with Crippen LogP contribution in [-0.2, 0) is 65.4 Å². The van der Waals surface area contributed by atoms with Crippen LogP contribution in [0.2, 0.25) is 0 Å². The van der Waals surface area contributed by atoms with Gasteiger partial charge in [-0.15, -0.1) is 0 Å². The molecule has 0 aliphatic heterocycles. The number of rotatable bonds is 76. The van der Waals surface area contributed by atoms with Gasteiger partial charge in [-0.3, -0.25) is 37.3 Å². The zero-order valence-electron chi connectivity index (χ0n) is 65.4. The Morgan fingerprint density at radius 1 is 0.279 bits per heavy atom. The smallest absolute Gasteiger partial charge is 0.462 e. The van der Waals surface area contributed by atoms with Crippen molar-refractivity contribution >= 4 is 39.5 Å². The molecule has 17 nitrogen and oxygen atoms in total. The highest BCUT2D eigenvalue weighted by Crippen LogP contribution is 2.45. The summed E-state index contributed by atoms with van der Waals surface area (Å²) in [6, 6.07) is 0. The highest BCUT2D eigenvalue weighted by atomic mass is 31.2. The number of carbonyl (C=O) groups excluding carboxylic acids is 4. The number of allylic oxidation sites excluding steroid dienone is 20. The third-order valence-electron chi connectivity index (χ3n) is 17.0. The number of aliphatic hydroxyl groups is 1. The Morgan fingerprint density at radius 3 is 0.827 bits per heavy atom. The van der Waals surface area contributed by atoms with Crippen molar-refractivity contribution in [1.82, 2.24) is 0 Å². The van der Waals surface area contributed by atoms with Crippen molar-refractivity contribution in [2.45, 2.75) is 354 Å². The van der Waals surface area contributed by atoms with Gasteiger partial charge in [0, 0.05) is 25.7 Å². The number of hydrogen-bond donors (Lipinski definition) is 3. The van der Waals surface area contributed by atoms with E-state index in [-0.39, 0.29) is 25.7 Å². The third-order valence-corrected chi connectivity index (χ3v) is 18.9. The molecule has 3 N–H and O–H groups in total. The van der Waals surface area contributed by atoms with E-state index in [0.29, 0.717) is 32.1 Å². The predicted octanol–water partition coefficient (Wildman–Crippen LogP) is 23.9. The zero-order valence-corrected chi connectivity index (χ0v) is 67.2. The highest BCUT2D eigenvalue weighted by Gasteiger charge is 2.30. The first-order valence-corrected chi connectivity index (χ1v) is 43.8. The van der Waals surface area contributed by atoms with E-state index in [1.54, 1.807) is 0 Å². The minimum Gasteiger partial charge on any atom is -0.462 e. The van der Waals surface area contributed by atoms with Crippen molar-refractivity contribution in [3.8, 4) is 0 Å². The molecule has 0 fully saturated rings. The van der Waals surface area contributed by atoms with E-state index in [4.69, 9.17) is 37.0 Å². The average Bonchev–Trinajstić information content (AvgIpc) is 0.911. The Labute approximate surface area is 632 Å². The molecule has 104 heavy (non-hydrogen) atoms. The highest BCUT2D eigenvalue weighted by molar-refractivity contribution is 7.47. The van der Waals surface area contributed by atoms with Crippen LogP contribution in [0.1, 0.15) is 336 Å². The second kappa shape index (κ2) is 76.6. The molecule has 0 aromatic rings. The van der Waals surface area contributed by atoms with Crippen molar-refractivity contribution < 1.29 is 80.2 Å². The fourth-order valence-electron chi connectivity index (χ4n) is 10.8. The summed E-state index contributed by atoms with van der Waals surface area (Å²) in [4.78, 5) is 73.0. The largest absolute Gasteiger partial charge is 0.472 e. The molecule has 0 bridgehead atoms. The minimum atomic E-state index is -5.00. The molecule has 5 unspecified atom stereocenters. The van der Waals surface area contributed by atoms with Crippen molar-refractivity contribution in [2.24, 2.45) is 0 Å². The van der Waals surface area contributed by atoms with Gasteiger partial charge in [0.15, 0.2) is 12.2 Å². The number of phosphoric acid groups is 2. The molecular weight excluding hydrogens is 1350 g/mol. The molecule has 0 rings (SSSR count). The Morgan fingerprint density at radius 2 is 0.519 bits per heavy atom. The predicted molar refractivity (Wildman–Crippen MR) is 427 cm³/mol. The van der Waals surface area contributed by atoms with Crippen LogP contribution in [-0.4, -0.2) is 96.7 Å². The summed E-state index contributed by atoms with van der Waals surface area (Å²) in [6.45, 7) is 4.58. The maximum absolute atomic E-state index is 13.1. The van der Waals surface area contributed by atoms with Gasteiger partial charge < -0.3 is 33.8 Å². The standard InChI is InChI=1S/C85H146O17P2/c1-5-9-13-17-21-25-29-33-36-38-39-41-43-47-50-54-58-62-66-70-83(88)96-76-81(102-85(90)72-68-64-60-56-52-48-44-40-37-34-30-26-22-18-14-10-6-2)78-100-104(93,94)98-74-79(86)73-97-103(91,92)99-77-80(101-84(89)71-67-63-59-55-51-45-32-28-24-20-16-12-8-4)75-95-82(87)69-65-61-57-53-49-46-42-35-31-27-23-19-15-11-7-3/h9-10,13-14,21-22,25-26,33-34,36-37,39,41,44,47-48,50,58,62,79-81,86H,5-8,11-12,15-20,23-24,27-32,35,38,40,42-43,45-46,49,51-57,59-61,63-78H2,1-4H3,(H,91,92)(H,93,94)/b13-9-,14-10-,25-21-,26-22-,36-33-,37-34-,41-39-,48-44-,50-47-,62-58-. The molecule has 0 saturated carbocycles. The summed E-state index contributed by atoms with van der Waals surface area (Å²) in [5, 5.41) is 10.6. The lowest BCUT2D eigenvalue weighted by molar-refractivity contribution is -0.161. The lowest BCUT2D eigenvalue weighted by Crippen LogP contribution is -2.30. The maximum Gasteiger partial charge on any atom is 0.472 e. The van der Waals surface area contributed by atoms with Gasteiger partial charge in [0.1, 0.15) is 19.3 Å². The van der Waals surface area contributed by atoms with Crippen molar-refractivity contribution in [3.05, 3.63) is 122 Å². The van der Waals surface area contributed by atoms with E-state index >= 15 is 0 Å². The van der Waals surface area contributed by atoms with Crippen LogP contribution < -0.4 is 0 Å². The van der Waals surface area contributed by atoms with Crippen LogP contribution in [0.3, 0.4) is 0 Å². The summed E-state index contributed by atoms with van der Waals surface area (Å²) in [5.74, 6) is -2.28. The van der Waals surface area contributed by atoms with E-state index in [1.807, 2.05) is 18.2 Å². The Hall–Kier alpha value is -4.54. The second-order valence-electron chi connectivity index (χ2n) is 27.0. The van der Waals surface area contributed by atoms with E-state index in [0.717, 1.165) is 128 Å². The first-order chi connectivity index (χ1) is 50.7. The zero-order chi connectivity index (χ0) is 76.0. The van der Waals surface area contributed by atoms with Gasteiger partial charge in [-0.2, -0.15) is 0 Å². The maximum atomic E-state index is 13.1. The van der Waals surface area contributed by atoms with E-state index in [9.17, 15) is 43.2 Å². The van der Waals surface area contributed by atoms with E-state index in [2.05, 4.69) is 131 Å². The molecule has 5 atom stereocenters. The molecule has 19 heteroatoms. The Bertz CT molecular complexity index is 2440. The number of carbonyl (C=O) groups is 4. The molecule has 0 aliphatic carbocycles. The molecule has 0 radical (unpaired) electrons. The Balaban J connectivity index is 5.43. The van der Waals surface area contributed by atoms with E-state index < -0.39 is 97.5 Å². The van der Waals surface area contributed by atoms with Gasteiger partial charge in [0.05, 0.1) is 26.4 Å². The van der Waals surface area contributed by atoms with Crippen LogP contribution in [0.5, 0.6) is 0 Å². The number of aliphatic hydroxyl groups excluding tert-OH is 1. The summed E-state index contributed by atoms with van der Waals surface area (Å²) in [7, 11) is -9.98. The molecule has 0 spiro atoms. The quantitative estimate of drug-likeness (QED) is 0.0169. The van der Waals surface area contributed by atoms with Crippen molar-refractivity contribution in [3.63, 3.8) is 0 Å². The lowest BCUT2D eigenvalue weighted by atomic mass is 10.0. The summed E-state index contributed by atoms with van der Waals surface area (Å²) < 4.78 is 68.6. The van der Waals surface area contributed by atoms with Crippen LogP contribution in [0.25, 0.3) is 0 Å². The molecule has 0 saturated heterocycles. The molecule has 0 aromatic carbocycles. The fraction of sp³-hybridized carbons (Fsp3) is 0.718. The van der Waals surface area contributed by atoms with Crippen LogP contribution >= 0.6 is 15.6 Å². The number of ether oxygens (including phenoxy) is 4. The summed E-state index contributed by atoms with van der Waals surface area (Å²) in [6.07, 6.45) is 84.7. The number of phosphoric ester groups is 2. The van der Waals surface area contributed by atoms with Crippen LogP contribution in [0.4, 0.5) is 0 Å². The number of hydrogen-bond acceptors (Lipinski definition) is 15. The van der Waals surface area contributed by atoms with Gasteiger partial charge in [0.2, 0.25) is 0 Å². The van der Waals surface area contributed by atoms with Crippen molar-refractivity contribution in [2.75, 3.05) is 39.6 Å². The van der Waals surface area contributed by atoms with Gasteiger partial charge in [-0.1, -0.05) is 329 Å². The monoisotopic (exact) mass is 1500 g/mol. The minimum absolute atomic E-state index is 0.0284. The molecule has 0 amide bonds. The van der Waals surface area contributed by atoms with Gasteiger partial charge >= 0.3 is 39.5 Å². The summed E-state index contributed by atoms with van der Waals surface area (Å²) >= 11 is 0. The topological polar surface area (TPSA) is 237 Å². The van der Waals surface area contributed by atoms with Crippen LogP contribution in [0.15, 0.2) is 122 Å². The second-order valence-corrected chi connectivity index (χ2v) is 29.9. The first kappa shape index (κ1) is 99.5. The molecular formula is C85H146O17P2. The average molecular weight is 1500 g/mol.